The van der Waals surface area contributed by atoms with E-state index in [0.29, 0.717) is 6.61 Å². The fourth-order valence-electron chi connectivity index (χ4n) is 7.95. The molecule has 0 aliphatic carbocycles. The number of benzene rings is 1. The molecule has 0 spiro atoms. The van der Waals surface area contributed by atoms with E-state index in [1.54, 1.807) is 0 Å². The Kier molecular flexibility index (Phi) is 49.6. The first-order chi connectivity index (χ1) is 27.8. The molecule has 1 aromatic carbocycles. The highest BCUT2D eigenvalue weighted by Crippen LogP contribution is 2.15. The molecule has 330 valence electrons. The van der Waals surface area contributed by atoms with Crippen LogP contribution in [0.25, 0.3) is 0 Å². The van der Waals surface area contributed by atoms with Crippen molar-refractivity contribution < 1.29 is 15.0 Å². The van der Waals surface area contributed by atoms with Gasteiger partial charge in [0.2, 0.25) is 7.12 Å². The Hall–Kier alpha value is -0.835. The van der Waals surface area contributed by atoms with Crippen molar-refractivity contribution in [1.82, 2.24) is 0 Å². The summed E-state index contributed by atoms with van der Waals surface area (Å²) in [7, 11) is -1.02. The highest BCUT2D eigenvalue weighted by Gasteiger charge is 2.02. The highest BCUT2D eigenvalue weighted by molar-refractivity contribution is 6.58. The van der Waals surface area contributed by atoms with E-state index >= 15 is 0 Å². The van der Waals surface area contributed by atoms with Gasteiger partial charge in [-0.25, -0.2) is 0 Å². The smallest absolute Gasteiger partial charge is 0.217 e. The second-order valence-electron chi connectivity index (χ2n) is 17.6. The maximum absolute atomic E-state index is 11.7. The van der Waals surface area contributed by atoms with Gasteiger partial charge in [0.1, 0.15) is 0 Å². The molecule has 4 heteroatoms. The highest BCUT2D eigenvalue weighted by atomic mass is 16.5. The van der Waals surface area contributed by atoms with Crippen LogP contribution in [0.3, 0.4) is 0 Å². The topological polar surface area (TPSA) is 48.9 Å². The summed E-state index contributed by atoms with van der Waals surface area (Å²) in [5.41, 5.74) is 0.724. The van der Waals surface area contributed by atoms with Crippen molar-refractivity contribution in [2.45, 2.75) is 278 Å². The fourth-order valence-corrected chi connectivity index (χ4v) is 7.95. The zero-order valence-corrected chi connectivity index (χ0v) is 38.8. The molecule has 56 heavy (non-hydrogen) atoms. The molecule has 0 heterocycles. The lowest BCUT2D eigenvalue weighted by Crippen LogP contribution is -2.84. The van der Waals surface area contributed by atoms with Crippen LogP contribution in [-0.2, 0) is 4.65 Å². The van der Waals surface area contributed by atoms with E-state index < -0.39 is 7.12 Å². The number of quaternary nitrogens is 1. The summed E-state index contributed by atoms with van der Waals surface area (Å²) >= 11 is 0. The van der Waals surface area contributed by atoms with Gasteiger partial charge in [0.15, 0.2) is 0 Å². The molecular formula is C52H102BNO2. The number of unbranched alkanes of at least 4 members (excludes halogenated alkanes) is 37. The van der Waals surface area contributed by atoms with Crippen molar-refractivity contribution in [1.29, 1.82) is 0 Å². The van der Waals surface area contributed by atoms with Gasteiger partial charge < -0.3 is 15.0 Å². The predicted molar refractivity (Wildman–Crippen MR) is 251 cm³/mol. The van der Waals surface area contributed by atoms with E-state index in [1.165, 1.54) is 264 Å². The molecule has 1 rings (SSSR count). The molecule has 0 unspecified atom stereocenters. The van der Waals surface area contributed by atoms with Crippen LogP contribution < -0.4 is 15.8 Å². The number of rotatable bonds is 45. The molecule has 0 atom stereocenters. The van der Waals surface area contributed by atoms with Gasteiger partial charge in [0.25, 0.3) is 0 Å². The zero-order chi connectivity index (χ0) is 40.5. The molecule has 0 fully saturated rings. The molecule has 0 amide bonds. The monoisotopic (exact) mass is 784 g/mol. The number of hydrogen-bond donors (Lipinski definition) is 1. The number of hydrogen-bond acceptors (Lipinski definition) is 2. The van der Waals surface area contributed by atoms with E-state index in [-0.39, 0.29) is 0 Å². The SMILES string of the molecule is CCCCCCCCCCCCCCCCCC[NH2+]CCCCCCCCCCCCCCCCCC.CCCCCCCCCCOB([O-])c1ccccc1. The van der Waals surface area contributed by atoms with E-state index in [2.05, 4.69) is 26.1 Å². The van der Waals surface area contributed by atoms with Crippen LogP contribution >= 0.6 is 0 Å². The Morgan fingerprint density at radius 2 is 0.607 bits per heavy atom. The van der Waals surface area contributed by atoms with Crippen LogP contribution in [0.4, 0.5) is 0 Å². The fraction of sp³-hybridized carbons (Fsp3) is 0.885. The second kappa shape index (κ2) is 50.3. The largest absolute Gasteiger partial charge is 0.853 e. The van der Waals surface area contributed by atoms with Crippen LogP contribution in [0, 0.1) is 0 Å². The van der Waals surface area contributed by atoms with E-state index in [9.17, 15) is 5.02 Å². The van der Waals surface area contributed by atoms with E-state index in [0.717, 1.165) is 11.9 Å². The summed E-state index contributed by atoms with van der Waals surface area (Å²) in [5.74, 6) is 0. The average molecular weight is 784 g/mol. The summed E-state index contributed by atoms with van der Waals surface area (Å²) in [5, 5.41) is 14.3. The number of nitrogens with two attached hydrogens (primary N) is 1. The first kappa shape index (κ1) is 55.2. The third kappa shape index (κ3) is 45.9. The van der Waals surface area contributed by atoms with Gasteiger partial charge in [0.05, 0.1) is 13.1 Å². The second-order valence-corrected chi connectivity index (χ2v) is 17.6. The standard InChI is InChI=1S/C36H75N.C16H26BO2/c1-3-5-7-9-11-13-15-17-19-21-23-25-27-29-31-33-35-37-36-34-32-30-28-26-24-22-20-18-16-14-12-10-8-6-4-2;1-2-3-4-5-6-7-8-12-15-19-17(18)16-13-10-9-11-14-16/h37H,3-36H2,1-2H3;9-11,13-14H,2-8,12,15H2,1H3/q;-1/p+1. The third-order valence-electron chi connectivity index (χ3n) is 11.9. The molecule has 0 aliphatic heterocycles. The van der Waals surface area contributed by atoms with Gasteiger partial charge in [-0.2, -0.15) is 0 Å². The van der Waals surface area contributed by atoms with Crippen LogP contribution in [-0.4, -0.2) is 26.8 Å². The Morgan fingerprint density at radius 1 is 0.357 bits per heavy atom. The molecule has 1 aromatic rings. The van der Waals surface area contributed by atoms with Crippen molar-refractivity contribution in [3.63, 3.8) is 0 Å². The maximum Gasteiger partial charge on any atom is 0.217 e. The minimum Gasteiger partial charge on any atom is -0.853 e. The molecule has 0 aliphatic rings. The van der Waals surface area contributed by atoms with Gasteiger partial charge >= 0.3 is 0 Å². The lowest BCUT2D eigenvalue weighted by Gasteiger charge is -2.19. The van der Waals surface area contributed by atoms with Crippen molar-refractivity contribution >= 4 is 12.6 Å². The van der Waals surface area contributed by atoms with Crippen molar-refractivity contribution in [3.05, 3.63) is 30.3 Å². The van der Waals surface area contributed by atoms with E-state index in [1.807, 2.05) is 30.3 Å². The molecule has 0 saturated heterocycles. The summed E-state index contributed by atoms with van der Waals surface area (Å²) in [6.45, 7) is 10.2. The van der Waals surface area contributed by atoms with E-state index in [4.69, 9.17) is 4.65 Å². The first-order valence-corrected chi connectivity index (χ1v) is 25.9. The Bertz CT molecular complexity index is 773. The Labute approximate surface area is 354 Å². The molecular weight excluding hydrogens is 681 g/mol. The van der Waals surface area contributed by atoms with Crippen molar-refractivity contribution in [3.8, 4) is 0 Å². The molecule has 0 saturated carbocycles. The van der Waals surface area contributed by atoms with Gasteiger partial charge in [-0.3, -0.25) is 0 Å². The maximum atomic E-state index is 11.7. The normalized spacial score (nSPS) is 11.2. The van der Waals surface area contributed by atoms with Gasteiger partial charge in [-0.1, -0.05) is 281 Å². The first-order valence-electron chi connectivity index (χ1n) is 25.9. The Balaban J connectivity index is 0.00000132. The summed E-state index contributed by atoms with van der Waals surface area (Å²) in [6, 6.07) is 9.31. The lowest BCUT2D eigenvalue weighted by molar-refractivity contribution is -0.655. The van der Waals surface area contributed by atoms with Gasteiger partial charge in [-0.15, -0.1) is 0 Å². The van der Waals surface area contributed by atoms with Crippen molar-refractivity contribution in [2.24, 2.45) is 0 Å². The Morgan fingerprint density at radius 3 is 0.893 bits per heavy atom. The molecule has 0 aromatic heterocycles. The summed E-state index contributed by atoms with van der Waals surface area (Å²) in [6.07, 6.45) is 57.2. The molecule has 0 radical (unpaired) electrons. The van der Waals surface area contributed by atoms with Gasteiger partial charge in [0, 0.05) is 6.61 Å². The van der Waals surface area contributed by atoms with Crippen molar-refractivity contribution in [2.75, 3.05) is 19.7 Å². The van der Waals surface area contributed by atoms with Crippen LogP contribution in [0.15, 0.2) is 30.3 Å². The zero-order valence-electron chi connectivity index (χ0n) is 38.8. The minimum atomic E-state index is -1.02. The lowest BCUT2D eigenvalue weighted by atomic mass is 9.80. The van der Waals surface area contributed by atoms with Crippen LogP contribution in [0.5, 0.6) is 0 Å². The molecule has 3 nitrogen and oxygen atoms in total. The average Bonchev–Trinajstić information content (AvgIpc) is 3.22. The summed E-state index contributed by atoms with van der Waals surface area (Å²) in [4.78, 5) is 0. The quantitative estimate of drug-likeness (QED) is 0.0529. The van der Waals surface area contributed by atoms with Crippen LogP contribution in [0.1, 0.15) is 278 Å². The minimum absolute atomic E-state index is 0.581. The third-order valence-corrected chi connectivity index (χ3v) is 11.9. The predicted octanol–water partition coefficient (Wildman–Crippen LogP) is 15.0. The molecule has 2 N–H and O–H groups in total. The molecule has 0 bridgehead atoms. The van der Waals surface area contributed by atoms with Gasteiger partial charge in [-0.05, 0) is 32.1 Å². The summed E-state index contributed by atoms with van der Waals surface area (Å²) < 4.78 is 5.32. The van der Waals surface area contributed by atoms with Crippen LogP contribution in [0.2, 0.25) is 0 Å².